The van der Waals surface area contributed by atoms with Crippen molar-refractivity contribution < 1.29 is 9.84 Å². The highest BCUT2D eigenvalue weighted by molar-refractivity contribution is 9.10. The average Bonchev–Trinajstić information content (AvgIpc) is 2.38. The number of hydrogen-bond acceptors (Lipinski definition) is 4. The number of nitrogens with one attached hydrogen (secondary N) is 1. The molecule has 0 saturated carbocycles. The third-order valence-corrected chi connectivity index (χ3v) is 4.15. The van der Waals surface area contributed by atoms with Gasteiger partial charge < -0.3 is 15.2 Å². The van der Waals surface area contributed by atoms with Crippen LogP contribution < -0.4 is 5.32 Å². The smallest absolute Gasteiger partial charge is 0.0839 e. The Hall–Kier alpha value is -0.0400. The summed E-state index contributed by atoms with van der Waals surface area (Å²) in [7, 11) is 0. The van der Waals surface area contributed by atoms with Crippen LogP contribution in [0.3, 0.4) is 0 Å². The van der Waals surface area contributed by atoms with Gasteiger partial charge in [0, 0.05) is 30.7 Å². The molecule has 4 nitrogen and oxygen atoms in total. The Kier molecular flexibility index (Phi) is 6.39. The van der Waals surface area contributed by atoms with E-state index in [1.165, 1.54) is 0 Å². The summed E-state index contributed by atoms with van der Waals surface area (Å²) < 4.78 is 6.10. The van der Waals surface area contributed by atoms with E-state index >= 15 is 0 Å². The third kappa shape index (κ3) is 4.76. The molecule has 0 aliphatic carbocycles. The zero-order chi connectivity index (χ0) is 14.5. The van der Waals surface area contributed by atoms with Crippen LogP contribution in [0.1, 0.15) is 0 Å². The van der Waals surface area contributed by atoms with Crippen LogP contribution in [0, 0.1) is 0 Å². The highest BCUT2D eigenvalue weighted by Crippen LogP contribution is 2.33. The Morgan fingerprint density at radius 3 is 2.50 bits per heavy atom. The van der Waals surface area contributed by atoms with Crippen molar-refractivity contribution in [1.82, 2.24) is 4.90 Å². The van der Waals surface area contributed by atoms with Crippen molar-refractivity contribution in [2.45, 2.75) is 6.10 Å². The number of anilines is 1. The number of morpholine rings is 1. The van der Waals surface area contributed by atoms with E-state index in [-0.39, 0.29) is 0 Å². The fourth-order valence-corrected chi connectivity index (χ4v) is 3.42. The van der Waals surface area contributed by atoms with Crippen LogP contribution in [-0.4, -0.2) is 55.5 Å². The number of β-amino-alcohol motifs (C(OH)–C–C–N with tert-alkyl or cyclic N) is 1. The Morgan fingerprint density at radius 2 is 1.90 bits per heavy atom. The first-order valence-corrected chi connectivity index (χ1v) is 7.97. The van der Waals surface area contributed by atoms with Crippen LogP contribution >= 0.6 is 39.1 Å². The van der Waals surface area contributed by atoms with Crippen molar-refractivity contribution >= 4 is 44.8 Å². The van der Waals surface area contributed by atoms with Crippen LogP contribution in [0.5, 0.6) is 0 Å². The maximum Gasteiger partial charge on any atom is 0.0839 e. The van der Waals surface area contributed by atoms with E-state index in [4.69, 9.17) is 27.9 Å². The van der Waals surface area contributed by atoms with Crippen molar-refractivity contribution in [3.63, 3.8) is 0 Å². The second kappa shape index (κ2) is 7.82. The molecular weight excluding hydrogens is 367 g/mol. The van der Waals surface area contributed by atoms with Crippen molar-refractivity contribution in [2.24, 2.45) is 0 Å². The van der Waals surface area contributed by atoms with Gasteiger partial charge in [0.25, 0.3) is 0 Å². The highest BCUT2D eigenvalue weighted by Gasteiger charge is 2.15. The second-order valence-corrected chi connectivity index (χ2v) is 6.42. The molecule has 1 aromatic carbocycles. The van der Waals surface area contributed by atoms with Gasteiger partial charge >= 0.3 is 0 Å². The minimum atomic E-state index is -0.483. The summed E-state index contributed by atoms with van der Waals surface area (Å²) in [4.78, 5) is 2.18. The summed E-state index contributed by atoms with van der Waals surface area (Å²) in [6.45, 7) is 4.18. The van der Waals surface area contributed by atoms with Crippen molar-refractivity contribution in [3.05, 3.63) is 26.7 Å². The number of nitrogens with zero attached hydrogens (tertiary/aromatic N) is 1. The normalized spacial score (nSPS) is 18.0. The number of aliphatic hydroxyl groups excluding tert-OH is 1. The van der Waals surface area contributed by atoms with Crippen molar-refractivity contribution in [1.29, 1.82) is 0 Å². The van der Waals surface area contributed by atoms with E-state index in [9.17, 15) is 5.11 Å². The molecule has 0 spiro atoms. The number of benzene rings is 1. The summed E-state index contributed by atoms with van der Waals surface area (Å²) in [6, 6.07) is 3.54. The van der Waals surface area contributed by atoms with Crippen LogP contribution in [0.15, 0.2) is 16.6 Å². The molecule has 0 bridgehead atoms. The molecule has 1 aliphatic rings. The predicted octanol–water partition coefficient (Wildman–Crippen LogP) is 2.86. The van der Waals surface area contributed by atoms with Gasteiger partial charge in [-0.15, -0.1) is 0 Å². The molecule has 2 rings (SSSR count). The molecular formula is C13H17BrCl2N2O2. The molecule has 1 fully saturated rings. The van der Waals surface area contributed by atoms with Gasteiger partial charge in [-0.3, -0.25) is 4.90 Å². The van der Waals surface area contributed by atoms with E-state index in [1.54, 1.807) is 12.1 Å². The standard InChI is InChI=1S/C13H17BrCl2N2O2/c14-9-5-11(15)13(12(16)6-9)17-7-10(19)8-18-1-3-20-4-2-18/h5-6,10,17,19H,1-4,7-8H2. The second-order valence-electron chi connectivity index (χ2n) is 4.69. The minimum Gasteiger partial charge on any atom is -0.390 e. The minimum absolute atomic E-state index is 0.401. The van der Waals surface area contributed by atoms with Gasteiger partial charge in [-0.2, -0.15) is 0 Å². The lowest BCUT2D eigenvalue weighted by molar-refractivity contribution is 0.0171. The van der Waals surface area contributed by atoms with E-state index in [0.29, 0.717) is 28.8 Å². The molecule has 1 aromatic rings. The largest absolute Gasteiger partial charge is 0.390 e. The monoisotopic (exact) mass is 382 g/mol. The van der Waals surface area contributed by atoms with E-state index in [2.05, 4.69) is 26.1 Å². The van der Waals surface area contributed by atoms with E-state index in [0.717, 1.165) is 30.8 Å². The molecule has 7 heteroatoms. The van der Waals surface area contributed by atoms with Gasteiger partial charge in [-0.05, 0) is 12.1 Å². The Bertz CT molecular complexity index is 433. The Labute approximate surface area is 137 Å². The number of ether oxygens (including phenoxy) is 1. The lowest BCUT2D eigenvalue weighted by Gasteiger charge is -2.28. The third-order valence-electron chi connectivity index (χ3n) is 3.09. The predicted molar refractivity (Wildman–Crippen MR) is 85.9 cm³/mol. The van der Waals surface area contributed by atoms with Crippen LogP contribution in [0.2, 0.25) is 10.0 Å². The number of rotatable bonds is 5. The van der Waals surface area contributed by atoms with Gasteiger partial charge in [0.1, 0.15) is 0 Å². The zero-order valence-corrected chi connectivity index (χ0v) is 14.0. The zero-order valence-electron chi connectivity index (χ0n) is 10.9. The molecule has 0 amide bonds. The molecule has 20 heavy (non-hydrogen) atoms. The summed E-state index contributed by atoms with van der Waals surface area (Å²) in [5, 5.41) is 14.2. The quantitative estimate of drug-likeness (QED) is 0.820. The SMILES string of the molecule is OC(CNc1c(Cl)cc(Br)cc1Cl)CN1CCOCC1. The van der Waals surface area contributed by atoms with E-state index in [1.807, 2.05) is 0 Å². The Balaban J connectivity index is 1.85. The van der Waals surface area contributed by atoms with Crippen LogP contribution in [-0.2, 0) is 4.74 Å². The highest BCUT2D eigenvalue weighted by atomic mass is 79.9. The molecule has 2 N–H and O–H groups in total. The molecule has 1 unspecified atom stereocenters. The number of halogens is 3. The Morgan fingerprint density at radius 1 is 1.30 bits per heavy atom. The molecule has 0 aromatic heterocycles. The number of aliphatic hydroxyl groups is 1. The maximum atomic E-state index is 10.1. The topological polar surface area (TPSA) is 44.7 Å². The van der Waals surface area contributed by atoms with Gasteiger partial charge in [0.05, 0.1) is 35.1 Å². The molecule has 0 radical (unpaired) electrons. The lowest BCUT2D eigenvalue weighted by atomic mass is 10.2. The summed E-state index contributed by atoms with van der Waals surface area (Å²) in [6.07, 6.45) is -0.483. The van der Waals surface area contributed by atoms with Crippen molar-refractivity contribution in [3.8, 4) is 0 Å². The average molecular weight is 384 g/mol. The van der Waals surface area contributed by atoms with Gasteiger partial charge in [0.2, 0.25) is 0 Å². The molecule has 1 heterocycles. The molecule has 1 aliphatic heterocycles. The summed E-state index contributed by atoms with van der Waals surface area (Å²) in [5.41, 5.74) is 0.651. The van der Waals surface area contributed by atoms with Crippen molar-refractivity contribution in [2.75, 3.05) is 44.7 Å². The summed E-state index contributed by atoms with van der Waals surface area (Å²) >= 11 is 15.6. The van der Waals surface area contributed by atoms with Gasteiger partial charge in [-0.1, -0.05) is 39.1 Å². The first kappa shape index (κ1) is 16.3. The number of hydrogen-bond donors (Lipinski definition) is 2. The van der Waals surface area contributed by atoms with Gasteiger partial charge in [0.15, 0.2) is 0 Å². The van der Waals surface area contributed by atoms with Gasteiger partial charge in [-0.25, -0.2) is 0 Å². The van der Waals surface area contributed by atoms with Crippen LogP contribution in [0.25, 0.3) is 0 Å². The maximum absolute atomic E-state index is 10.1. The molecule has 1 atom stereocenters. The molecule has 1 saturated heterocycles. The van der Waals surface area contributed by atoms with E-state index < -0.39 is 6.10 Å². The van der Waals surface area contributed by atoms with Crippen LogP contribution in [0.4, 0.5) is 5.69 Å². The molecule has 112 valence electrons. The fourth-order valence-electron chi connectivity index (χ4n) is 2.08. The fraction of sp³-hybridized carbons (Fsp3) is 0.538. The first-order chi connectivity index (χ1) is 9.56. The first-order valence-electron chi connectivity index (χ1n) is 6.43. The lowest BCUT2D eigenvalue weighted by Crippen LogP contribution is -2.42. The summed E-state index contributed by atoms with van der Waals surface area (Å²) in [5.74, 6) is 0.